The summed E-state index contributed by atoms with van der Waals surface area (Å²) in [4.78, 5) is 23.2. The highest BCUT2D eigenvalue weighted by atomic mass is 127. The molecular formula is C20H18IN3O5. The maximum absolute atomic E-state index is 12.5. The van der Waals surface area contributed by atoms with Gasteiger partial charge in [-0.1, -0.05) is 6.07 Å². The van der Waals surface area contributed by atoms with E-state index in [1.54, 1.807) is 25.1 Å². The Balaban J connectivity index is 2.38. The number of anilines is 1. The molecule has 0 bridgehead atoms. The first-order valence-electron chi connectivity index (χ1n) is 8.49. The van der Waals surface area contributed by atoms with Crippen LogP contribution in [0.4, 0.5) is 11.4 Å². The molecule has 0 aliphatic carbocycles. The van der Waals surface area contributed by atoms with Crippen LogP contribution >= 0.6 is 22.6 Å². The molecule has 9 heteroatoms. The lowest BCUT2D eigenvalue weighted by molar-refractivity contribution is -0.384. The first kappa shape index (κ1) is 22.2. The topological polar surface area (TPSA) is 114 Å². The molecule has 1 amide bonds. The molecule has 0 aliphatic rings. The molecule has 0 spiro atoms. The number of hydrogen-bond acceptors (Lipinski definition) is 6. The number of aryl methyl sites for hydroxylation is 1. The standard InChI is InChI=1S/C20H18IN3O5/c1-4-29-19-15(21)9-13(10-18(19)28-3)8-14(11-22)20(25)23-16-6-5-12(2)7-17(16)24(26)27/h5-10H,4H2,1-3H3,(H,23,25)/b14-8+. The summed E-state index contributed by atoms with van der Waals surface area (Å²) in [5.41, 5.74) is 0.807. The molecule has 0 aliphatic heterocycles. The number of benzene rings is 2. The minimum Gasteiger partial charge on any atom is -0.493 e. The van der Waals surface area contributed by atoms with E-state index >= 15 is 0 Å². The van der Waals surface area contributed by atoms with Crippen LogP contribution in [0.25, 0.3) is 6.08 Å². The fourth-order valence-electron chi connectivity index (χ4n) is 2.51. The summed E-state index contributed by atoms with van der Waals surface area (Å²) in [7, 11) is 1.50. The van der Waals surface area contributed by atoms with Gasteiger partial charge in [-0.25, -0.2) is 0 Å². The second kappa shape index (κ2) is 9.88. The van der Waals surface area contributed by atoms with Gasteiger partial charge in [0.2, 0.25) is 0 Å². The normalized spacial score (nSPS) is 10.8. The highest BCUT2D eigenvalue weighted by Gasteiger charge is 2.19. The van der Waals surface area contributed by atoms with Crippen molar-refractivity contribution in [2.24, 2.45) is 0 Å². The van der Waals surface area contributed by atoms with Crippen LogP contribution in [-0.2, 0) is 4.79 Å². The predicted molar refractivity (Wildman–Crippen MR) is 117 cm³/mol. The van der Waals surface area contributed by atoms with E-state index in [2.05, 4.69) is 27.9 Å². The van der Waals surface area contributed by atoms with E-state index in [1.165, 1.54) is 25.3 Å². The van der Waals surface area contributed by atoms with Crippen LogP contribution in [0.3, 0.4) is 0 Å². The Morgan fingerprint density at radius 1 is 1.38 bits per heavy atom. The minimum absolute atomic E-state index is 0.0191. The summed E-state index contributed by atoms with van der Waals surface area (Å²) in [5, 5.41) is 23.1. The monoisotopic (exact) mass is 507 g/mol. The van der Waals surface area contributed by atoms with Gasteiger partial charge in [0.1, 0.15) is 17.3 Å². The Labute approximate surface area is 181 Å². The fourth-order valence-corrected chi connectivity index (χ4v) is 3.29. The third-order valence-corrected chi connectivity index (χ3v) is 4.62. The number of nitro groups is 1. The largest absolute Gasteiger partial charge is 0.493 e. The van der Waals surface area contributed by atoms with E-state index in [9.17, 15) is 20.2 Å². The van der Waals surface area contributed by atoms with E-state index in [0.717, 1.165) is 3.57 Å². The molecule has 29 heavy (non-hydrogen) atoms. The molecule has 0 unspecified atom stereocenters. The number of ether oxygens (including phenoxy) is 2. The van der Waals surface area contributed by atoms with Crippen molar-refractivity contribution in [3.8, 4) is 17.6 Å². The highest BCUT2D eigenvalue weighted by Crippen LogP contribution is 2.34. The summed E-state index contributed by atoms with van der Waals surface area (Å²) in [6.45, 7) is 4.02. The number of carbonyl (C=O) groups is 1. The number of hydrogen-bond donors (Lipinski definition) is 1. The molecule has 0 saturated heterocycles. The number of halogens is 1. The van der Waals surface area contributed by atoms with Crippen LogP contribution in [0.2, 0.25) is 0 Å². The molecule has 2 aromatic rings. The summed E-state index contributed by atoms with van der Waals surface area (Å²) in [6.07, 6.45) is 1.38. The molecular weight excluding hydrogens is 489 g/mol. The van der Waals surface area contributed by atoms with Crippen LogP contribution < -0.4 is 14.8 Å². The van der Waals surface area contributed by atoms with Gasteiger partial charge in [-0.3, -0.25) is 14.9 Å². The molecule has 2 rings (SSSR count). The van der Waals surface area contributed by atoms with E-state index < -0.39 is 10.8 Å². The van der Waals surface area contributed by atoms with Gasteiger partial charge >= 0.3 is 0 Å². The van der Waals surface area contributed by atoms with Crippen LogP contribution in [0.15, 0.2) is 35.9 Å². The van der Waals surface area contributed by atoms with Crippen molar-refractivity contribution in [1.29, 1.82) is 5.26 Å². The first-order valence-corrected chi connectivity index (χ1v) is 9.57. The van der Waals surface area contributed by atoms with Crippen molar-refractivity contribution in [1.82, 2.24) is 0 Å². The number of amides is 1. The smallest absolute Gasteiger partial charge is 0.293 e. The molecule has 0 fully saturated rings. The summed E-state index contributed by atoms with van der Waals surface area (Å²) in [5.74, 6) is 0.296. The van der Waals surface area contributed by atoms with Crippen molar-refractivity contribution in [2.45, 2.75) is 13.8 Å². The quantitative estimate of drug-likeness (QED) is 0.195. The Hall–Kier alpha value is -3.13. The average Bonchev–Trinajstić information content (AvgIpc) is 2.68. The van der Waals surface area contributed by atoms with Crippen molar-refractivity contribution in [3.05, 3.63) is 60.7 Å². The van der Waals surface area contributed by atoms with E-state index in [4.69, 9.17) is 9.47 Å². The molecule has 0 heterocycles. The van der Waals surface area contributed by atoms with Gasteiger partial charge in [-0.15, -0.1) is 0 Å². The van der Waals surface area contributed by atoms with E-state index in [1.807, 2.05) is 13.0 Å². The number of methoxy groups -OCH3 is 1. The van der Waals surface area contributed by atoms with Gasteiger partial charge in [0.25, 0.3) is 11.6 Å². The maximum Gasteiger partial charge on any atom is 0.293 e. The molecule has 150 valence electrons. The Morgan fingerprint density at radius 2 is 2.10 bits per heavy atom. The van der Waals surface area contributed by atoms with Gasteiger partial charge in [-0.2, -0.15) is 5.26 Å². The molecule has 0 atom stereocenters. The van der Waals surface area contributed by atoms with E-state index in [0.29, 0.717) is 29.2 Å². The molecule has 0 saturated carbocycles. The summed E-state index contributed by atoms with van der Waals surface area (Å²) < 4.78 is 11.6. The van der Waals surface area contributed by atoms with Crippen molar-refractivity contribution < 1.29 is 19.2 Å². The number of nitrogens with one attached hydrogen (secondary N) is 1. The van der Waals surface area contributed by atoms with Crippen molar-refractivity contribution in [3.63, 3.8) is 0 Å². The molecule has 1 N–H and O–H groups in total. The Bertz CT molecular complexity index is 1030. The van der Waals surface area contributed by atoms with E-state index in [-0.39, 0.29) is 16.9 Å². The van der Waals surface area contributed by atoms with Crippen LogP contribution in [0.5, 0.6) is 11.5 Å². The van der Waals surface area contributed by atoms with Crippen LogP contribution in [0, 0.1) is 31.9 Å². The van der Waals surface area contributed by atoms with Gasteiger partial charge in [0, 0.05) is 6.07 Å². The predicted octanol–water partition coefficient (Wildman–Crippen LogP) is 4.46. The SMILES string of the molecule is CCOc1c(I)cc(/C=C(\C#N)C(=O)Nc2ccc(C)cc2[N+](=O)[O-])cc1OC. The Morgan fingerprint density at radius 3 is 2.69 bits per heavy atom. The van der Waals surface area contributed by atoms with Crippen LogP contribution in [-0.4, -0.2) is 24.5 Å². The highest BCUT2D eigenvalue weighted by molar-refractivity contribution is 14.1. The average molecular weight is 507 g/mol. The molecule has 0 aromatic heterocycles. The summed E-state index contributed by atoms with van der Waals surface area (Å²) in [6, 6.07) is 9.64. The minimum atomic E-state index is -0.748. The lowest BCUT2D eigenvalue weighted by Gasteiger charge is -2.12. The lowest BCUT2D eigenvalue weighted by Crippen LogP contribution is -2.14. The number of rotatable bonds is 7. The number of nitro benzene ring substituents is 1. The third kappa shape index (κ3) is 5.45. The molecule has 0 radical (unpaired) electrons. The zero-order valence-corrected chi connectivity index (χ0v) is 18.1. The number of nitriles is 1. The summed E-state index contributed by atoms with van der Waals surface area (Å²) >= 11 is 2.07. The molecule has 8 nitrogen and oxygen atoms in total. The second-order valence-electron chi connectivity index (χ2n) is 5.87. The zero-order chi connectivity index (χ0) is 21.6. The molecule has 2 aromatic carbocycles. The number of carbonyl (C=O) groups excluding carboxylic acids is 1. The van der Waals surface area contributed by atoms with Crippen LogP contribution in [0.1, 0.15) is 18.1 Å². The maximum atomic E-state index is 12.5. The van der Waals surface area contributed by atoms with Crippen molar-refractivity contribution >= 4 is 45.9 Å². The zero-order valence-electron chi connectivity index (χ0n) is 16.0. The lowest BCUT2D eigenvalue weighted by atomic mass is 10.1. The van der Waals surface area contributed by atoms with Gasteiger partial charge in [0.15, 0.2) is 11.5 Å². The van der Waals surface area contributed by atoms with Crippen molar-refractivity contribution in [2.75, 3.05) is 19.0 Å². The number of nitrogens with zero attached hydrogens (tertiary/aromatic N) is 2. The second-order valence-corrected chi connectivity index (χ2v) is 7.03. The third-order valence-electron chi connectivity index (χ3n) is 3.81. The van der Waals surface area contributed by atoms with Gasteiger partial charge in [-0.05, 0) is 71.8 Å². The van der Waals surface area contributed by atoms with Gasteiger partial charge < -0.3 is 14.8 Å². The fraction of sp³-hybridized carbons (Fsp3) is 0.200. The first-order chi connectivity index (χ1) is 13.8. The Kier molecular flexibility index (Phi) is 7.55. The van der Waals surface area contributed by atoms with Gasteiger partial charge in [0.05, 0.1) is 22.2 Å².